The van der Waals surface area contributed by atoms with Gasteiger partial charge in [0, 0.05) is 19.6 Å². The van der Waals surface area contributed by atoms with E-state index in [-0.39, 0.29) is 0 Å². The van der Waals surface area contributed by atoms with Gasteiger partial charge in [-0.3, -0.25) is 0 Å². The highest BCUT2D eigenvalue weighted by Crippen LogP contribution is 2.20. The lowest BCUT2D eigenvalue weighted by Gasteiger charge is -2.30. The van der Waals surface area contributed by atoms with E-state index in [1.54, 1.807) is 0 Å². The lowest BCUT2D eigenvalue weighted by molar-refractivity contribution is 0.435. The largest absolute Gasteiger partial charge is 0.355 e. The number of hydrogen-bond acceptors (Lipinski definition) is 4. The highest BCUT2D eigenvalue weighted by atomic mass is 15.3. The van der Waals surface area contributed by atoms with Gasteiger partial charge in [-0.1, -0.05) is 13.8 Å². The smallest absolute Gasteiger partial charge is 0.151 e. The van der Waals surface area contributed by atoms with Crippen molar-refractivity contribution in [3.63, 3.8) is 0 Å². The summed E-state index contributed by atoms with van der Waals surface area (Å²) < 4.78 is 0. The van der Waals surface area contributed by atoms with E-state index in [4.69, 9.17) is 0 Å². The molecule has 0 unspecified atom stereocenters. The Hall–Kier alpha value is -1.16. The van der Waals surface area contributed by atoms with E-state index >= 15 is 0 Å². The number of nitrogens with zero attached hydrogens (tertiary/aromatic N) is 3. The first-order valence-electron chi connectivity index (χ1n) is 6.58. The highest BCUT2D eigenvalue weighted by Gasteiger charge is 2.16. The first-order valence-corrected chi connectivity index (χ1v) is 6.58. The SMILES string of the molecule is CCNCc1ccc(N2CCC(C)CC2)nn1. The van der Waals surface area contributed by atoms with E-state index in [1.807, 2.05) is 0 Å². The fourth-order valence-electron chi connectivity index (χ4n) is 2.11. The Morgan fingerprint density at radius 1 is 1.29 bits per heavy atom. The van der Waals surface area contributed by atoms with Gasteiger partial charge in [0.1, 0.15) is 0 Å². The van der Waals surface area contributed by atoms with Gasteiger partial charge in [0.2, 0.25) is 0 Å². The van der Waals surface area contributed by atoms with E-state index in [0.717, 1.165) is 43.6 Å². The summed E-state index contributed by atoms with van der Waals surface area (Å²) in [5, 5.41) is 11.8. The molecule has 2 rings (SSSR count). The van der Waals surface area contributed by atoms with E-state index in [2.05, 4.69) is 46.4 Å². The van der Waals surface area contributed by atoms with Crippen LogP contribution in [0.1, 0.15) is 32.4 Å². The number of aromatic nitrogens is 2. The van der Waals surface area contributed by atoms with Gasteiger partial charge in [0.15, 0.2) is 5.82 Å². The van der Waals surface area contributed by atoms with Gasteiger partial charge in [-0.15, -0.1) is 5.10 Å². The summed E-state index contributed by atoms with van der Waals surface area (Å²) in [5.74, 6) is 1.88. The van der Waals surface area contributed by atoms with Crippen LogP contribution in [0.3, 0.4) is 0 Å². The Balaban J connectivity index is 1.93. The number of anilines is 1. The van der Waals surface area contributed by atoms with Crippen LogP contribution in [0, 0.1) is 5.92 Å². The minimum atomic E-state index is 0.806. The lowest BCUT2D eigenvalue weighted by Crippen LogP contribution is -2.33. The van der Waals surface area contributed by atoms with Gasteiger partial charge in [-0.05, 0) is 37.4 Å². The third kappa shape index (κ3) is 3.40. The van der Waals surface area contributed by atoms with E-state index in [1.165, 1.54) is 12.8 Å². The molecule has 0 radical (unpaired) electrons. The fourth-order valence-corrected chi connectivity index (χ4v) is 2.11. The molecule has 0 amide bonds. The molecule has 1 aromatic rings. The van der Waals surface area contributed by atoms with Crippen molar-refractivity contribution in [1.82, 2.24) is 15.5 Å². The van der Waals surface area contributed by atoms with Gasteiger partial charge in [0.25, 0.3) is 0 Å². The van der Waals surface area contributed by atoms with Crippen LogP contribution in [0.2, 0.25) is 0 Å². The Labute approximate surface area is 103 Å². The predicted octanol–water partition coefficient (Wildman–Crippen LogP) is 1.82. The normalized spacial score (nSPS) is 17.4. The van der Waals surface area contributed by atoms with Crippen LogP contribution in [0.15, 0.2) is 12.1 Å². The quantitative estimate of drug-likeness (QED) is 0.863. The van der Waals surface area contributed by atoms with Crippen molar-refractivity contribution in [3.8, 4) is 0 Å². The highest BCUT2D eigenvalue weighted by molar-refractivity contribution is 5.37. The molecule has 1 aliphatic heterocycles. The van der Waals surface area contributed by atoms with Gasteiger partial charge < -0.3 is 10.2 Å². The zero-order chi connectivity index (χ0) is 12.1. The molecule has 4 nitrogen and oxygen atoms in total. The van der Waals surface area contributed by atoms with Gasteiger partial charge in [-0.25, -0.2) is 0 Å². The summed E-state index contributed by atoms with van der Waals surface area (Å²) >= 11 is 0. The first kappa shape index (κ1) is 12.3. The van der Waals surface area contributed by atoms with E-state index < -0.39 is 0 Å². The summed E-state index contributed by atoms with van der Waals surface area (Å²) in [4.78, 5) is 2.34. The summed E-state index contributed by atoms with van der Waals surface area (Å²) in [6.07, 6.45) is 2.53. The molecule has 0 aromatic carbocycles. The van der Waals surface area contributed by atoms with Crippen molar-refractivity contribution in [2.24, 2.45) is 5.92 Å². The minimum Gasteiger partial charge on any atom is -0.355 e. The van der Waals surface area contributed by atoms with Crippen molar-refractivity contribution in [2.45, 2.75) is 33.2 Å². The lowest BCUT2D eigenvalue weighted by atomic mass is 9.99. The second kappa shape index (κ2) is 5.96. The molecule has 17 heavy (non-hydrogen) atoms. The second-order valence-electron chi connectivity index (χ2n) is 4.83. The molecule has 2 heterocycles. The molecule has 0 atom stereocenters. The summed E-state index contributed by atoms with van der Waals surface area (Å²) in [6.45, 7) is 8.41. The van der Waals surface area contributed by atoms with Gasteiger partial charge >= 0.3 is 0 Å². The Bertz CT molecular complexity index is 328. The number of piperidine rings is 1. The standard InChI is InChI=1S/C13H22N4/c1-3-14-10-12-4-5-13(16-15-12)17-8-6-11(2)7-9-17/h4-5,11,14H,3,6-10H2,1-2H3. The van der Waals surface area contributed by atoms with Crippen LogP contribution >= 0.6 is 0 Å². The van der Waals surface area contributed by atoms with Crippen molar-refractivity contribution in [3.05, 3.63) is 17.8 Å². The van der Waals surface area contributed by atoms with Crippen LogP contribution in [-0.2, 0) is 6.54 Å². The summed E-state index contributed by atoms with van der Waals surface area (Å²) in [5.41, 5.74) is 1.01. The first-order chi connectivity index (χ1) is 8.29. The molecule has 1 fully saturated rings. The molecule has 1 N–H and O–H groups in total. The minimum absolute atomic E-state index is 0.806. The van der Waals surface area contributed by atoms with Crippen LogP contribution in [0.5, 0.6) is 0 Å². The molecule has 1 saturated heterocycles. The van der Waals surface area contributed by atoms with Crippen LogP contribution < -0.4 is 10.2 Å². The second-order valence-corrected chi connectivity index (χ2v) is 4.83. The Morgan fingerprint density at radius 2 is 2.06 bits per heavy atom. The van der Waals surface area contributed by atoms with E-state index in [0.29, 0.717) is 0 Å². The molecule has 94 valence electrons. The molecular formula is C13H22N4. The molecule has 0 aliphatic carbocycles. The molecule has 0 bridgehead atoms. The molecule has 4 heteroatoms. The maximum Gasteiger partial charge on any atom is 0.151 e. The fraction of sp³-hybridized carbons (Fsp3) is 0.692. The third-order valence-corrected chi connectivity index (χ3v) is 3.37. The molecule has 0 spiro atoms. The number of nitrogens with one attached hydrogen (secondary N) is 1. The van der Waals surface area contributed by atoms with Crippen molar-refractivity contribution in [1.29, 1.82) is 0 Å². The molecule has 1 aliphatic rings. The summed E-state index contributed by atoms with van der Waals surface area (Å²) in [6, 6.07) is 4.17. The van der Waals surface area contributed by atoms with Crippen molar-refractivity contribution >= 4 is 5.82 Å². The average molecular weight is 234 g/mol. The number of rotatable bonds is 4. The van der Waals surface area contributed by atoms with Gasteiger partial charge in [-0.2, -0.15) is 5.10 Å². The van der Waals surface area contributed by atoms with Crippen LogP contribution in [-0.4, -0.2) is 29.8 Å². The summed E-state index contributed by atoms with van der Waals surface area (Å²) in [7, 11) is 0. The zero-order valence-electron chi connectivity index (χ0n) is 10.8. The Morgan fingerprint density at radius 3 is 2.65 bits per heavy atom. The molecule has 1 aromatic heterocycles. The Kier molecular flexibility index (Phi) is 4.31. The van der Waals surface area contributed by atoms with Gasteiger partial charge in [0.05, 0.1) is 5.69 Å². The maximum atomic E-state index is 4.32. The third-order valence-electron chi connectivity index (χ3n) is 3.37. The van der Waals surface area contributed by atoms with Crippen molar-refractivity contribution < 1.29 is 0 Å². The van der Waals surface area contributed by atoms with Crippen molar-refractivity contribution in [2.75, 3.05) is 24.5 Å². The van der Waals surface area contributed by atoms with E-state index in [9.17, 15) is 0 Å². The zero-order valence-corrected chi connectivity index (χ0v) is 10.8. The van der Waals surface area contributed by atoms with Crippen LogP contribution in [0.25, 0.3) is 0 Å². The average Bonchev–Trinajstić information content (AvgIpc) is 2.38. The van der Waals surface area contributed by atoms with Crippen LogP contribution in [0.4, 0.5) is 5.82 Å². The predicted molar refractivity (Wildman–Crippen MR) is 70.0 cm³/mol. The monoisotopic (exact) mass is 234 g/mol. The number of hydrogen-bond donors (Lipinski definition) is 1. The maximum absolute atomic E-state index is 4.32. The molecule has 0 saturated carbocycles. The molecular weight excluding hydrogens is 212 g/mol. The topological polar surface area (TPSA) is 41.0 Å².